The van der Waals surface area contributed by atoms with Crippen LogP contribution in [0.4, 0.5) is 5.95 Å². The molecule has 13 rings (SSSR count). The number of aliphatic hydroxyl groups is 1. The number of nitrogens with one attached hydrogen (secondary N) is 2. The van der Waals surface area contributed by atoms with E-state index in [1.165, 1.54) is 12.8 Å². The molecule has 9 aliphatic rings. The highest BCUT2D eigenvalue weighted by atomic mass is 16.3. The predicted molar refractivity (Wildman–Crippen MR) is 257 cm³/mol. The summed E-state index contributed by atoms with van der Waals surface area (Å²) in [5.74, 6) is -0.492. The zero-order valence-electron chi connectivity index (χ0n) is 39.6. The van der Waals surface area contributed by atoms with Crippen LogP contribution < -0.4 is 16.2 Å². The molecule has 8 heterocycles. The first-order valence-electron chi connectivity index (χ1n) is 25.6. The van der Waals surface area contributed by atoms with Crippen molar-refractivity contribution >= 4 is 40.6 Å². The Kier molecular flexibility index (Phi) is 10.8. The number of imide groups is 2. The fraction of sp³-hybridized carbons (Fsp3) is 0.577. The minimum atomic E-state index is -0.981. The van der Waals surface area contributed by atoms with Crippen LogP contribution in [0.1, 0.15) is 140 Å². The molecule has 1 unspecified atom stereocenters. The quantitative estimate of drug-likeness (QED) is 0.142. The zero-order chi connectivity index (χ0) is 47.4. The van der Waals surface area contributed by atoms with Gasteiger partial charge < -0.3 is 15.3 Å². The van der Waals surface area contributed by atoms with Crippen molar-refractivity contribution in [1.29, 1.82) is 0 Å². The van der Waals surface area contributed by atoms with Crippen LogP contribution >= 0.6 is 0 Å². The maximum Gasteiger partial charge on any atom is 0.278 e. The number of piperidine rings is 3. The molecule has 3 saturated carbocycles. The first-order chi connectivity index (χ1) is 33.4. The number of aromatic nitrogens is 5. The summed E-state index contributed by atoms with van der Waals surface area (Å²) < 4.78 is 3.38. The summed E-state index contributed by atoms with van der Waals surface area (Å²) in [5, 5.41) is 17.9. The number of likely N-dealkylation sites (tertiary alicyclic amines) is 3. The monoisotopic (exact) mass is 937 g/mol. The number of amides is 4. The number of carbonyl (C=O) groups excluding carboxylic acids is 4. The lowest BCUT2D eigenvalue weighted by Crippen LogP contribution is -2.63. The molecule has 17 heteroatoms. The van der Waals surface area contributed by atoms with Gasteiger partial charge in [-0.1, -0.05) is 25.1 Å². The van der Waals surface area contributed by atoms with Crippen LogP contribution in [-0.2, 0) is 28.2 Å². The van der Waals surface area contributed by atoms with Gasteiger partial charge in [0.15, 0.2) is 11.5 Å². The van der Waals surface area contributed by atoms with Gasteiger partial charge in [0.05, 0.1) is 23.4 Å². The predicted octanol–water partition coefficient (Wildman–Crippen LogP) is 4.39. The highest BCUT2D eigenvalue weighted by Gasteiger charge is 2.52. The number of rotatable bonds is 11. The normalized spacial score (nSPS) is 29.4. The Balaban J connectivity index is 0.632. The standard InChI is InChI=1S/C52H63N11O6/c1-3-23-61-46(66)39-29-53-49(56-44(39)63(61)41-9-6-32-11-16-52(69,4-2)43(32)54-41)57-50-17-20-51(21-18-50,22-19-50)60-26-14-35(15-27-60)58-24-12-36(13-25-58)59-30-34(31-59)33-5-7-37-38(28-33)48(68)62(47(37)67)40-8-10-42(64)55-45(40)65/h3,5-7,9,28-29,34-36,40,69H,1,4,8,10-27,30-31H2,2H3,(H,53,56,57)(H,55,64,65)/t40?,50?,51?,52-/m1/s1. The number of hydrogen-bond donors (Lipinski definition) is 3. The smallest absolute Gasteiger partial charge is 0.278 e. The van der Waals surface area contributed by atoms with Crippen molar-refractivity contribution in [1.82, 2.24) is 49.2 Å². The van der Waals surface area contributed by atoms with Crippen molar-refractivity contribution in [3.8, 4) is 5.82 Å². The van der Waals surface area contributed by atoms with Crippen molar-refractivity contribution in [3.63, 3.8) is 0 Å². The average Bonchev–Trinajstić information content (AvgIpc) is 3.93. The molecule has 17 nitrogen and oxygen atoms in total. The summed E-state index contributed by atoms with van der Waals surface area (Å²) in [6.07, 6.45) is 16.9. The molecule has 3 N–H and O–H groups in total. The fourth-order valence-corrected chi connectivity index (χ4v) is 13.8. The number of anilines is 1. The van der Waals surface area contributed by atoms with Crippen molar-refractivity contribution in [2.45, 2.75) is 151 Å². The van der Waals surface area contributed by atoms with Crippen molar-refractivity contribution < 1.29 is 24.3 Å². The van der Waals surface area contributed by atoms with Gasteiger partial charge in [-0.05, 0) is 132 Å². The average molecular weight is 938 g/mol. The lowest BCUT2D eigenvalue weighted by Gasteiger charge is -2.59. The van der Waals surface area contributed by atoms with E-state index in [1.807, 2.05) is 31.2 Å². The van der Waals surface area contributed by atoms with Crippen LogP contribution in [0.15, 0.2) is 54.0 Å². The third-order valence-electron chi connectivity index (χ3n) is 18.1. The van der Waals surface area contributed by atoms with Gasteiger partial charge in [0.2, 0.25) is 17.8 Å². The molecule has 1 aromatic carbocycles. The van der Waals surface area contributed by atoms with E-state index >= 15 is 0 Å². The summed E-state index contributed by atoms with van der Waals surface area (Å²) in [5.41, 5.74) is 2.96. The minimum absolute atomic E-state index is 0.0885. The third-order valence-corrected chi connectivity index (χ3v) is 18.1. The Morgan fingerprint density at radius 2 is 1.54 bits per heavy atom. The molecule has 2 bridgehead atoms. The summed E-state index contributed by atoms with van der Waals surface area (Å²) in [6.45, 7) is 12.6. The van der Waals surface area contributed by atoms with Gasteiger partial charge in [-0.25, -0.2) is 19.3 Å². The lowest BCUT2D eigenvalue weighted by atomic mass is 9.60. The van der Waals surface area contributed by atoms with Crippen LogP contribution in [0.3, 0.4) is 0 Å². The van der Waals surface area contributed by atoms with E-state index in [0.29, 0.717) is 70.5 Å². The van der Waals surface area contributed by atoms with Crippen molar-refractivity contribution in [2.24, 2.45) is 0 Å². The van der Waals surface area contributed by atoms with Gasteiger partial charge >= 0.3 is 0 Å². The summed E-state index contributed by atoms with van der Waals surface area (Å²) in [4.78, 5) is 88.5. The number of carbonyl (C=O) groups is 4. The molecule has 0 radical (unpaired) electrons. The van der Waals surface area contributed by atoms with E-state index in [2.05, 4.69) is 31.9 Å². The second-order valence-electron chi connectivity index (χ2n) is 21.5. The Bertz CT molecular complexity index is 2830. The molecule has 4 aliphatic carbocycles. The summed E-state index contributed by atoms with van der Waals surface area (Å²) in [7, 11) is 0. The van der Waals surface area contributed by atoms with Crippen LogP contribution in [0.25, 0.3) is 16.9 Å². The van der Waals surface area contributed by atoms with Crippen molar-refractivity contribution in [3.05, 3.63) is 87.5 Å². The molecule has 2 atom stereocenters. The van der Waals surface area contributed by atoms with E-state index in [0.717, 1.165) is 113 Å². The summed E-state index contributed by atoms with van der Waals surface area (Å²) >= 11 is 0. The molecule has 362 valence electrons. The number of allylic oxidation sites excluding steroid dienone is 1. The van der Waals surface area contributed by atoms with Crippen molar-refractivity contribution in [2.75, 3.05) is 44.6 Å². The van der Waals surface area contributed by atoms with Crippen LogP contribution in [0.2, 0.25) is 0 Å². The molecule has 7 fully saturated rings. The molecular formula is C52H63N11O6. The third kappa shape index (κ3) is 7.31. The van der Waals surface area contributed by atoms with Crippen LogP contribution in [0.5, 0.6) is 0 Å². The highest BCUT2D eigenvalue weighted by molar-refractivity contribution is 6.23. The number of hydrogen-bond acceptors (Lipinski definition) is 13. The van der Waals surface area contributed by atoms with E-state index in [-0.39, 0.29) is 41.9 Å². The Labute approximate surface area is 401 Å². The molecule has 4 amide bonds. The number of benzene rings is 1. The molecule has 3 aromatic heterocycles. The largest absolute Gasteiger partial charge is 0.384 e. The topological polar surface area (TPSA) is 191 Å². The molecule has 0 spiro atoms. The van der Waals surface area contributed by atoms with Gasteiger partial charge in [-0.3, -0.25) is 44.0 Å². The lowest BCUT2D eigenvalue weighted by molar-refractivity contribution is -0.136. The van der Waals surface area contributed by atoms with Gasteiger partial charge in [-0.15, -0.1) is 6.58 Å². The maximum absolute atomic E-state index is 13.7. The number of fused-ring (bicyclic) bond motifs is 6. The molecule has 4 saturated heterocycles. The van der Waals surface area contributed by atoms with E-state index < -0.39 is 29.4 Å². The maximum atomic E-state index is 13.7. The first kappa shape index (κ1) is 44.6. The molecule has 5 aliphatic heterocycles. The summed E-state index contributed by atoms with van der Waals surface area (Å²) in [6, 6.07) is 9.72. The molecular weight excluding hydrogens is 875 g/mol. The minimum Gasteiger partial charge on any atom is -0.384 e. The van der Waals surface area contributed by atoms with Gasteiger partial charge in [-0.2, -0.15) is 4.98 Å². The fourth-order valence-electron chi connectivity index (χ4n) is 13.8. The van der Waals surface area contributed by atoms with Gasteiger partial charge in [0, 0.05) is 67.9 Å². The van der Waals surface area contributed by atoms with E-state index in [1.54, 1.807) is 27.7 Å². The van der Waals surface area contributed by atoms with Gasteiger partial charge in [0.25, 0.3) is 17.4 Å². The van der Waals surface area contributed by atoms with Gasteiger partial charge in [0.1, 0.15) is 17.0 Å². The molecule has 69 heavy (non-hydrogen) atoms. The number of nitrogens with zero attached hydrogens (tertiary/aromatic N) is 9. The van der Waals surface area contributed by atoms with E-state index in [9.17, 15) is 29.1 Å². The Hall–Kier alpha value is -5.62. The Morgan fingerprint density at radius 3 is 2.25 bits per heavy atom. The van der Waals surface area contributed by atoms with Crippen LogP contribution in [0, 0.1) is 0 Å². The number of pyridine rings is 1. The highest BCUT2D eigenvalue weighted by Crippen LogP contribution is 2.52. The second-order valence-corrected chi connectivity index (χ2v) is 21.5. The second kappa shape index (κ2) is 16.8. The zero-order valence-corrected chi connectivity index (χ0v) is 39.6. The van der Waals surface area contributed by atoms with E-state index in [4.69, 9.17) is 15.0 Å². The molecule has 4 aromatic rings. The number of aryl methyl sites for hydroxylation is 1. The first-order valence-corrected chi connectivity index (χ1v) is 25.6. The Morgan fingerprint density at radius 1 is 0.826 bits per heavy atom. The SMILES string of the molecule is C=CCn1c(=O)c2cnc(NC34CCC(N5CCC(N6CCC(N7CC(c8ccc9c(c8)C(=O)N(C8CCC(=O)NC8=O)C9=O)C7)CC6)CC5)(CC3)CC4)nc2n1-c1ccc2c(n1)[C@@](O)(CC)CC2. The van der Waals surface area contributed by atoms with Crippen LogP contribution in [-0.4, -0.2) is 141 Å².